The molecule has 1 unspecified atom stereocenters. The molecule has 0 heterocycles. The van der Waals surface area contributed by atoms with Crippen molar-refractivity contribution in [3.63, 3.8) is 0 Å². The van der Waals surface area contributed by atoms with Crippen LogP contribution in [0.3, 0.4) is 0 Å². The van der Waals surface area contributed by atoms with Crippen LogP contribution in [-0.4, -0.2) is 20.9 Å². The molecule has 6 heteroatoms. The van der Waals surface area contributed by atoms with Gasteiger partial charge < -0.3 is 5.32 Å². The van der Waals surface area contributed by atoms with Gasteiger partial charge in [-0.3, -0.25) is 4.79 Å². The van der Waals surface area contributed by atoms with Gasteiger partial charge in [0.05, 0.1) is 4.90 Å². The van der Waals surface area contributed by atoms with Gasteiger partial charge in [-0.05, 0) is 54.4 Å². The normalized spacial score (nSPS) is 23.2. The molecule has 1 aliphatic rings. The number of hydrogen-bond acceptors (Lipinski definition) is 3. The zero-order valence-corrected chi connectivity index (χ0v) is 14.6. The minimum absolute atomic E-state index is 0.00983. The molecule has 5 nitrogen and oxygen atoms in total. The fourth-order valence-electron chi connectivity index (χ4n) is 2.86. The molecular formula is C16H24N2O3S. The van der Waals surface area contributed by atoms with E-state index in [9.17, 15) is 13.2 Å². The summed E-state index contributed by atoms with van der Waals surface area (Å²) in [6.07, 6.45) is 1.07. The molecule has 3 N–H and O–H groups in total. The van der Waals surface area contributed by atoms with Crippen molar-refractivity contribution in [1.82, 2.24) is 5.32 Å². The Morgan fingerprint density at radius 3 is 2.27 bits per heavy atom. The molecule has 1 aromatic carbocycles. The van der Waals surface area contributed by atoms with E-state index in [1.165, 1.54) is 6.07 Å². The second-order valence-electron chi connectivity index (χ2n) is 7.27. The van der Waals surface area contributed by atoms with E-state index in [1.807, 2.05) is 0 Å². The number of nitrogens with one attached hydrogen (secondary N) is 1. The predicted molar refractivity (Wildman–Crippen MR) is 86.1 cm³/mol. The highest BCUT2D eigenvalue weighted by molar-refractivity contribution is 7.89. The van der Waals surface area contributed by atoms with Gasteiger partial charge >= 0.3 is 0 Å². The van der Waals surface area contributed by atoms with Crippen molar-refractivity contribution in [1.29, 1.82) is 0 Å². The van der Waals surface area contributed by atoms with Crippen molar-refractivity contribution in [3.8, 4) is 0 Å². The van der Waals surface area contributed by atoms with E-state index in [4.69, 9.17) is 5.14 Å². The number of carbonyl (C=O) groups excluding carboxylic acids is 1. The number of carbonyl (C=O) groups is 1. The van der Waals surface area contributed by atoms with Gasteiger partial charge in [-0.15, -0.1) is 0 Å². The average Bonchev–Trinajstić information content (AvgIpc) is 2.87. The van der Waals surface area contributed by atoms with Crippen molar-refractivity contribution < 1.29 is 13.2 Å². The maximum absolute atomic E-state index is 12.3. The Bertz CT molecular complexity index is 738. The zero-order chi connectivity index (χ0) is 16.9. The van der Waals surface area contributed by atoms with Crippen LogP contribution >= 0.6 is 0 Å². The quantitative estimate of drug-likeness (QED) is 0.889. The zero-order valence-electron chi connectivity index (χ0n) is 13.8. The topological polar surface area (TPSA) is 89.3 Å². The van der Waals surface area contributed by atoms with E-state index in [0.29, 0.717) is 17.7 Å². The minimum atomic E-state index is -3.84. The van der Waals surface area contributed by atoms with Crippen LogP contribution in [0.2, 0.25) is 0 Å². The SMILES string of the molecule is Cc1cc(C(=O)NCC2(C)CC2(C)C)cc(S(N)(=O)=O)c1C. The molecule has 0 aromatic heterocycles. The van der Waals surface area contributed by atoms with Gasteiger partial charge in [-0.2, -0.15) is 0 Å². The van der Waals surface area contributed by atoms with Crippen molar-refractivity contribution in [2.75, 3.05) is 6.54 Å². The van der Waals surface area contributed by atoms with E-state index in [2.05, 4.69) is 26.1 Å². The number of nitrogens with two attached hydrogens (primary N) is 1. The molecule has 1 aromatic rings. The summed E-state index contributed by atoms with van der Waals surface area (Å²) in [4.78, 5) is 12.3. The fourth-order valence-corrected chi connectivity index (χ4v) is 3.74. The van der Waals surface area contributed by atoms with Crippen LogP contribution in [0, 0.1) is 24.7 Å². The Labute approximate surface area is 132 Å². The first-order chi connectivity index (χ1) is 9.87. The largest absolute Gasteiger partial charge is 0.351 e. The smallest absolute Gasteiger partial charge is 0.251 e. The summed E-state index contributed by atoms with van der Waals surface area (Å²) in [6, 6.07) is 3.05. The van der Waals surface area contributed by atoms with Gasteiger partial charge in [-0.1, -0.05) is 20.8 Å². The van der Waals surface area contributed by atoms with Crippen LogP contribution in [-0.2, 0) is 10.0 Å². The van der Waals surface area contributed by atoms with Gasteiger partial charge in [0.25, 0.3) is 5.91 Å². The van der Waals surface area contributed by atoms with E-state index in [1.54, 1.807) is 19.9 Å². The monoisotopic (exact) mass is 324 g/mol. The van der Waals surface area contributed by atoms with Crippen LogP contribution in [0.1, 0.15) is 48.7 Å². The predicted octanol–water partition coefficient (Wildman–Crippen LogP) is 2.12. The summed E-state index contributed by atoms with van der Waals surface area (Å²) in [5.74, 6) is -0.267. The maximum Gasteiger partial charge on any atom is 0.251 e. The molecule has 1 aliphatic carbocycles. The molecule has 1 atom stereocenters. The fraction of sp³-hybridized carbons (Fsp3) is 0.562. The highest BCUT2D eigenvalue weighted by Crippen LogP contribution is 2.62. The van der Waals surface area contributed by atoms with E-state index in [0.717, 1.165) is 12.0 Å². The highest BCUT2D eigenvalue weighted by Gasteiger charge is 2.57. The number of benzene rings is 1. The third-order valence-electron chi connectivity index (χ3n) is 5.17. The molecule has 1 amide bonds. The van der Waals surface area contributed by atoms with Gasteiger partial charge in [-0.25, -0.2) is 13.6 Å². The molecule has 0 radical (unpaired) electrons. The van der Waals surface area contributed by atoms with Crippen molar-refractivity contribution in [2.45, 2.75) is 45.9 Å². The Balaban J connectivity index is 2.23. The van der Waals surface area contributed by atoms with Crippen molar-refractivity contribution in [3.05, 3.63) is 28.8 Å². The van der Waals surface area contributed by atoms with Crippen LogP contribution in [0.25, 0.3) is 0 Å². The minimum Gasteiger partial charge on any atom is -0.351 e. The molecule has 0 spiro atoms. The lowest BCUT2D eigenvalue weighted by Crippen LogP contribution is -2.31. The van der Waals surface area contributed by atoms with Gasteiger partial charge in [0.2, 0.25) is 10.0 Å². The van der Waals surface area contributed by atoms with Crippen molar-refractivity contribution >= 4 is 15.9 Å². The molecule has 0 bridgehead atoms. The maximum atomic E-state index is 12.3. The Morgan fingerprint density at radius 2 is 1.82 bits per heavy atom. The van der Waals surface area contributed by atoms with Gasteiger partial charge in [0.1, 0.15) is 0 Å². The number of aryl methyl sites for hydroxylation is 1. The first-order valence-electron chi connectivity index (χ1n) is 7.30. The molecule has 1 fully saturated rings. The average molecular weight is 324 g/mol. The molecule has 0 saturated heterocycles. The Morgan fingerprint density at radius 1 is 1.27 bits per heavy atom. The molecule has 1 saturated carbocycles. The number of hydrogen-bond donors (Lipinski definition) is 2. The summed E-state index contributed by atoms with van der Waals surface area (Å²) >= 11 is 0. The first kappa shape index (κ1) is 17.0. The molecule has 2 rings (SSSR count). The Kier molecular flexibility index (Phi) is 3.90. The van der Waals surface area contributed by atoms with Crippen molar-refractivity contribution in [2.24, 2.45) is 16.0 Å². The third kappa shape index (κ3) is 3.03. The van der Waals surface area contributed by atoms with Gasteiger partial charge in [0.15, 0.2) is 0 Å². The Hall–Kier alpha value is -1.40. The second kappa shape index (κ2) is 5.06. The molecular weight excluding hydrogens is 300 g/mol. The van der Waals surface area contributed by atoms with Gasteiger partial charge in [0, 0.05) is 12.1 Å². The summed E-state index contributed by atoms with van der Waals surface area (Å²) in [7, 11) is -3.84. The molecule has 22 heavy (non-hydrogen) atoms. The van der Waals surface area contributed by atoms with Crippen LogP contribution in [0.4, 0.5) is 0 Å². The summed E-state index contributed by atoms with van der Waals surface area (Å²) in [5.41, 5.74) is 1.97. The van der Waals surface area contributed by atoms with E-state index < -0.39 is 10.0 Å². The van der Waals surface area contributed by atoms with E-state index >= 15 is 0 Å². The molecule has 0 aliphatic heterocycles. The lowest BCUT2D eigenvalue weighted by atomic mass is 9.98. The second-order valence-corrected chi connectivity index (χ2v) is 8.80. The van der Waals surface area contributed by atoms with Crippen LogP contribution < -0.4 is 10.5 Å². The van der Waals surface area contributed by atoms with E-state index in [-0.39, 0.29) is 21.6 Å². The van der Waals surface area contributed by atoms with Crippen LogP contribution in [0.5, 0.6) is 0 Å². The molecule has 122 valence electrons. The first-order valence-corrected chi connectivity index (χ1v) is 8.84. The lowest BCUT2D eigenvalue weighted by molar-refractivity contribution is 0.0943. The number of rotatable bonds is 4. The summed E-state index contributed by atoms with van der Waals surface area (Å²) in [5, 5.41) is 8.13. The lowest BCUT2D eigenvalue weighted by Gasteiger charge is -2.16. The van der Waals surface area contributed by atoms with Crippen LogP contribution in [0.15, 0.2) is 17.0 Å². The standard InChI is InChI=1S/C16H24N2O3S/c1-10-6-12(7-13(11(10)2)22(17,20)21)14(19)18-9-16(5)8-15(16,3)4/h6-7H,8-9H2,1-5H3,(H,18,19)(H2,17,20,21). The number of sulfonamides is 1. The highest BCUT2D eigenvalue weighted by atomic mass is 32.2. The number of amides is 1. The third-order valence-corrected chi connectivity index (χ3v) is 6.21. The summed E-state index contributed by atoms with van der Waals surface area (Å²) < 4.78 is 23.3. The number of primary sulfonamides is 1. The summed E-state index contributed by atoms with van der Waals surface area (Å²) in [6.45, 7) is 10.5.